The van der Waals surface area contributed by atoms with Crippen LogP contribution in [0.4, 0.5) is 13.2 Å². The number of nitrogens with zero attached hydrogens (tertiary/aromatic N) is 4. The summed E-state index contributed by atoms with van der Waals surface area (Å²) in [6.45, 7) is 1.61. The van der Waals surface area contributed by atoms with Gasteiger partial charge in [-0.05, 0) is 25.0 Å². The van der Waals surface area contributed by atoms with Gasteiger partial charge in [0.1, 0.15) is 17.9 Å². The SMILES string of the molecule is O=C(O)C(F)(F)F.O=C(c1cnccn1)N1C[C@@H](OCc2ccccn2)[C@@H]2OCCC[C@@H]21. The largest absolute Gasteiger partial charge is 0.490 e. The van der Waals surface area contributed by atoms with E-state index in [0.717, 1.165) is 18.5 Å². The van der Waals surface area contributed by atoms with Gasteiger partial charge in [0, 0.05) is 25.2 Å². The molecule has 0 aliphatic carbocycles. The van der Waals surface area contributed by atoms with Gasteiger partial charge in [-0.1, -0.05) is 6.07 Å². The molecule has 1 N–H and O–H groups in total. The van der Waals surface area contributed by atoms with E-state index in [1.165, 1.54) is 12.4 Å². The van der Waals surface area contributed by atoms with Crippen molar-refractivity contribution in [1.29, 1.82) is 0 Å². The molecule has 32 heavy (non-hydrogen) atoms. The van der Waals surface area contributed by atoms with Crippen molar-refractivity contribution in [2.24, 2.45) is 0 Å². The van der Waals surface area contributed by atoms with Crippen LogP contribution >= 0.6 is 0 Å². The first-order chi connectivity index (χ1) is 15.3. The van der Waals surface area contributed by atoms with E-state index in [0.29, 0.717) is 25.5 Å². The maximum atomic E-state index is 12.8. The van der Waals surface area contributed by atoms with Gasteiger partial charge in [0.05, 0.1) is 31.1 Å². The van der Waals surface area contributed by atoms with Crippen LogP contribution in [-0.4, -0.2) is 74.4 Å². The fourth-order valence-corrected chi connectivity index (χ4v) is 3.52. The Morgan fingerprint density at radius 1 is 1.22 bits per heavy atom. The Morgan fingerprint density at radius 3 is 2.62 bits per heavy atom. The van der Waals surface area contributed by atoms with Gasteiger partial charge in [0.2, 0.25) is 0 Å². The third-order valence-corrected chi connectivity index (χ3v) is 4.93. The van der Waals surface area contributed by atoms with Crippen LogP contribution in [0.1, 0.15) is 29.0 Å². The van der Waals surface area contributed by atoms with Crippen molar-refractivity contribution in [3.63, 3.8) is 0 Å². The predicted octanol–water partition coefficient (Wildman–Crippen LogP) is 2.09. The lowest BCUT2D eigenvalue weighted by molar-refractivity contribution is -0.192. The number of ether oxygens (including phenoxy) is 2. The minimum absolute atomic E-state index is 0.0250. The van der Waals surface area contributed by atoms with E-state index >= 15 is 0 Å². The second kappa shape index (κ2) is 10.5. The van der Waals surface area contributed by atoms with Crippen LogP contribution in [0.2, 0.25) is 0 Å². The molecule has 0 saturated carbocycles. The molecule has 4 rings (SSSR count). The molecule has 0 radical (unpaired) electrons. The molecule has 2 saturated heterocycles. The number of carbonyl (C=O) groups is 2. The van der Waals surface area contributed by atoms with Crippen molar-refractivity contribution in [1.82, 2.24) is 19.9 Å². The number of amides is 1. The molecule has 0 aromatic carbocycles. The zero-order valence-corrected chi connectivity index (χ0v) is 16.8. The van der Waals surface area contributed by atoms with Gasteiger partial charge in [0.25, 0.3) is 5.91 Å². The first kappa shape index (κ1) is 23.5. The normalized spacial score (nSPS) is 22.5. The van der Waals surface area contributed by atoms with Crippen LogP contribution in [0.15, 0.2) is 43.0 Å². The topological polar surface area (TPSA) is 115 Å². The highest BCUT2D eigenvalue weighted by molar-refractivity contribution is 5.92. The third kappa shape index (κ3) is 5.98. The number of hydrogen-bond acceptors (Lipinski definition) is 7. The summed E-state index contributed by atoms with van der Waals surface area (Å²) in [6.07, 6.45) is 2.86. The van der Waals surface area contributed by atoms with Crippen molar-refractivity contribution in [3.05, 3.63) is 54.4 Å². The van der Waals surface area contributed by atoms with Gasteiger partial charge in [-0.25, -0.2) is 9.78 Å². The number of carboxylic acids is 1. The molecule has 2 aliphatic heterocycles. The summed E-state index contributed by atoms with van der Waals surface area (Å²) in [6, 6.07) is 5.76. The highest BCUT2D eigenvalue weighted by Gasteiger charge is 2.47. The lowest BCUT2D eigenvalue weighted by Gasteiger charge is -2.31. The van der Waals surface area contributed by atoms with E-state index in [-0.39, 0.29) is 24.2 Å². The lowest BCUT2D eigenvalue weighted by atomic mass is 10.0. The number of pyridine rings is 1. The van der Waals surface area contributed by atoms with E-state index in [1.807, 2.05) is 23.1 Å². The molecule has 0 bridgehead atoms. The van der Waals surface area contributed by atoms with Gasteiger partial charge in [-0.3, -0.25) is 14.8 Å². The second-order valence-electron chi connectivity index (χ2n) is 7.07. The molecule has 2 fully saturated rings. The summed E-state index contributed by atoms with van der Waals surface area (Å²) in [5, 5.41) is 7.12. The molecular formula is C20H21F3N4O5. The average molecular weight is 454 g/mol. The number of alkyl halides is 3. The van der Waals surface area contributed by atoms with Crippen molar-refractivity contribution < 1.29 is 37.3 Å². The smallest absolute Gasteiger partial charge is 0.475 e. The van der Waals surface area contributed by atoms with E-state index in [1.54, 1.807) is 12.4 Å². The minimum Gasteiger partial charge on any atom is -0.475 e. The van der Waals surface area contributed by atoms with E-state index in [4.69, 9.17) is 19.4 Å². The molecule has 12 heteroatoms. The van der Waals surface area contributed by atoms with Gasteiger partial charge < -0.3 is 19.5 Å². The van der Waals surface area contributed by atoms with Crippen LogP contribution in [-0.2, 0) is 20.9 Å². The molecule has 2 aromatic heterocycles. The third-order valence-electron chi connectivity index (χ3n) is 4.93. The van der Waals surface area contributed by atoms with Gasteiger partial charge in [0.15, 0.2) is 0 Å². The molecule has 4 heterocycles. The Morgan fingerprint density at radius 2 is 2.00 bits per heavy atom. The Balaban J connectivity index is 0.000000360. The van der Waals surface area contributed by atoms with Crippen molar-refractivity contribution in [3.8, 4) is 0 Å². The monoisotopic (exact) mass is 454 g/mol. The van der Waals surface area contributed by atoms with Crippen LogP contribution < -0.4 is 0 Å². The number of carboxylic acid groups (broad SMARTS) is 1. The molecular weight excluding hydrogens is 433 g/mol. The van der Waals surface area contributed by atoms with E-state index < -0.39 is 12.1 Å². The zero-order chi connectivity index (χ0) is 23.1. The first-order valence-corrected chi connectivity index (χ1v) is 9.77. The van der Waals surface area contributed by atoms with E-state index in [9.17, 15) is 18.0 Å². The van der Waals surface area contributed by atoms with Crippen LogP contribution in [0, 0.1) is 0 Å². The number of fused-ring (bicyclic) bond motifs is 1. The fraction of sp³-hybridized carbons (Fsp3) is 0.450. The summed E-state index contributed by atoms with van der Waals surface area (Å²) < 4.78 is 43.7. The number of carbonyl (C=O) groups excluding carboxylic acids is 1. The van der Waals surface area contributed by atoms with Crippen LogP contribution in [0.25, 0.3) is 0 Å². The molecule has 2 aromatic rings. The minimum atomic E-state index is -5.08. The molecule has 1 amide bonds. The molecule has 9 nitrogen and oxygen atoms in total. The number of aromatic nitrogens is 3. The quantitative estimate of drug-likeness (QED) is 0.747. The maximum Gasteiger partial charge on any atom is 0.490 e. The molecule has 0 unspecified atom stereocenters. The number of likely N-dealkylation sites (tertiary alicyclic amines) is 1. The Bertz CT molecular complexity index is 901. The van der Waals surface area contributed by atoms with Gasteiger partial charge in [-0.2, -0.15) is 13.2 Å². The highest BCUT2D eigenvalue weighted by Crippen LogP contribution is 2.32. The Hall–Kier alpha value is -3.12. The summed E-state index contributed by atoms with van der Waals surface area (Å²) >= 11 is 0. The summed E-state index contributed by atoms with van der Waals surface area (Å²) in [5.41, 5.74) is 1.23. The Labute approximate surface area is 181 Å². The lowest BCUT2D eigenvalue weighted by Crippen LogP contribution is -2.44. The molecule has 0 spiro atoms. The van der Waals surface area contributed by atoms with Crippen LogP contribution in [0.5, 0.6) is 0 Å². The first-order valence-electron chi connectivity index (χ1n) is 9.77. The maximum absolute atomic E-state index is 12.8. The highest BCUT2D eigenvalue weighted by atomic mass is 19.4. The predicted molar refractivity (Wildman–Crippen MR) is 102 cm³/mol. The fourth-order valence-electron chi connectivity index (χ4n) is 3.52. The summed E-state index contributed by atoms with van der Waals surface area (Å²) in [4.78, 5) is 36.0. The number of aliphatic carboxylic acids is 1. The average Bonchev–Trinajstić information content (AvgIpc) is 3.17. The van der Waals surface area contributed by atoms with Crippen molar-refractivity contribution in [2.45, 2.75) is 43.9 Å². The number of rotatable bonds is 4. The zero-order valence-electron chi connectivity index (χ0n) is 16.8. The number of hydrogen-bond donors (Lipinski definition) is 1. The molecule has 172 valence electrons. The van der Waals surface area contributed by atoms with Crippen molar-refractivity contribution in [2.75, 3.05) is 13.2 Å². The number of halogens is 3. The van der Waals surface area contributed by atoms with Gasteiger partial charge in [-0.15, -0.1) is 0 Å². The van der Waals surface area contributed by atoms with Crippen LogP contribution in [0.3, 0.4) is 0 Å². The standard InChI is InChI=1S/C18H20N4O3.C2HF3O2/c23-18(14-10-19-7-8-21-14)22-11-16(17-15(22)5-3-9-24-17)25-12-13-4-1-2-6-20-13;3-2(4,5)1(6)7/h1-2,4,6-8,10,15-17H,3,5,9,11-12H2;(H,6,7)/t15-,16+,17+;/m0./s1. The second-order valence-corrected chi connectivity index (χ2v) is 7.07. The van der Waals surface area contributed by atoms with Crippen molar-refractivity contribution >= 4 is 11.9 Å². The molecule has 2 aliphatic rings. The van der Waals surface area contributed by atoms with E-state index in [2.05, 4.69) is 15.0 Å². The molecule has 3 atom stereocenters. The van der Waals surface area contributed by atoms with Gasteiger partial charge >= 0.3 is 12.1 Å². The summed E-state index contributed by atoms with van der Waals surface area (Å²) in [7, 11) is 0. The Kier molecular flexibility index (Phi) is 7.70. The summed E-state index contributed by atoms with van der Waals surface area (Å²) in [5.74, 6) is -2.87.